The fourth-order valence-corrected chi connectivity index (χ4v) is 1.27. The molecule has 0 bridgehead atoms. The molecule has 14 heavy (non-hydrogen) atoms. The highest BCUT2D eigenvalue weighted by atomic mass is 35.5. The van der Waals surface area contributed by atoms with Crippen LogP contribution in [0.3, 0.4) is 0 Å². The second-order valence-electron chi connectivity index (χ2n) is 2.57. The lowest BCUT2D eigenvalue weighted by Gasteiger charge is -2.10. The van der Waals surface area contributed by atoms with Crippen molar-refractivity contribution >= 4 is 17.4 Å². The second-order valence-corrected chi connectivity index (χ2v) is 2.98. The van der Waals surface area contributed by atoms with E-state index < -0.39 is 23.2 Å². The zero-order valence-corrected chi connectivity index (χ0v) is 7.78. The molecule has 0 aliphatic heterocycles. The zero-order chi connectivity index (χ0) is 10.9. The lowest BCUT2D eigenvalue weighted by atomic mass is 10.1. The number of alkyl halides is 3. The van der Waals surface area contributed by atoms with E-state index in [-0.39, 0.29) is 5.02 Å². The van der Waals surface area contributed by atoms with Gasteiger partial charge in [-0.1, -0.05) is 11.6 Å². The maximum atomic E-state index is 12.3. The van der Waals surface area contributed by atoms with Crippen LogP contribution in [-0.2, 0) is 6.18 Å². The lowest BCUT2D eigenvalue weighted by molar-refractivity contribution is -0.141. The Morgan fingerprint density at radius 2 is 2.07 bits per heavy atom. The molecule has 0 fully saturated rings. The summed E-state index contributed by atoms with van der Waals surface area (Å²) in [6.45, 7) is 1.01. The number of hydrogen-bond acceptors (Lipinski definition) is 2. The number of carbonyl (C=O) groups excluding carboxylic acids is 1. The van der Waals surface area contributed by atoms with Crippen molar-refractivity contribution in [3.63, 3.8) is 0 Å². The average molecular weight is 224 g/mol. The van der Waals surface area contributed by atoms with Gasteiger partial charge in [0.15, 0.2) is 11.5 Å². The lowest BCUT2D eigenvalue weighted by Crippen LogP contribution is -2.14. The van der Waals surface area contributed by atoms with Gasteiger partial charge in [0.25, 0.3) is 0 Å². The SMILES string of the molecule is CC(=O)c1c(Cl)ccnc1C(F)(F)F. The third kappa shape index (κ3) is 2.04. The molecule has 0 spiro atoms. The van der Waals surface area contributed by atoms with Gasteiger partial charge in [0.2, 0.25) is 0 Å². The molecule has 0 aromatic carbocycles. The first-order valence-corrected chi connectivity index (χ1v) is 3.94. The molecule has 0 radical (unpaired) electrons. The molecule has 0 amide bonds. The summed E-state index contributed by atoms with van der Waals surface area (Å²) >= 11 is 5.47. The molecule has 0 aliphatic rings. The molecule has 0 saturated carbocycles. The Balaban J connectivity index is 3.44. The maximum absolute atomic E-state index is 12.3. The molecule has 76 valence electrons. The summed E-state index contributed by atoms with van der Waals surface area (Å²) in [5, 5.41) is -0.236. The summed E-state index contributed by atoms with van der Waals surface area (Å²) in [6.07, 6.45) is -3.75. The minimum absolute atomic E-state index is 0.236. The van der Waals surface area contributed by atoms with E-state index in [4.69, 9.17) is 11.6 Å². The van der Waals surface area contributed by atoms with Crippen LogP contribution < -0.4 is 0 Å². The van der Waals surface area contributed by atoms with Crippen molar-refractivity contribution in [1.29, 1.82) is 0 Å². The summed E-state index contributed by atoms with van der Waals surface area (Å²) in [7, 11) is 0. The van der Waals surface area contributed by atoms with Gasteiger partial charge in [0.1, 0.15) is 0 Å². The van der Waals surface area contributed by atoms with Crippen LogP contribution in [0.5, 0.6) is 0 Å². The number of halogens is 4. The molecule has 0 aliphatic carbocycles. The summed E-state index contributed by atoms with van der Waals surface area (Å²) < 4.78 is 36.9. The van der Waals surface area contributed by atoms with Gasteiger partial charge in [0, 0.05) is 6.20 Å². The largest absolute Gasteiger partial charge is 0.434 e. The first-order chi connectivity index (χ1) is 6.34. The van der Waals surface area contributed by atoms with Gasteiger partial charge in [-0.2, -0.15) is 13.2 Å². The van der Waals surface area contributed by atoms with Gasteiger partial charge >= 0.3 is 6.18 Å². The van der Waals surface area contributed by atoms with E-state index in [0.29, 0.717) is 0 Å². The van der Waals surface area contributed by atoms with Crippen molar-refractivity contribution in [2.45, 2.75) is 13.1 Å². The second kappa shape index (κ2) is 3.57. The molecular weight excluding hydrogens is 219 g/mol. The summed E-state index contributed by atoms with van der Waals surface area (Å²) in [5.41, 5.74) is -1.82. The standard InChI is InChI=1S/C8H5ClF3NO/c1-4(14)6-5(9)2-3-13-7(6)8(10,11)12/h2-3H,1H3. The third-order valence-corrected chi connectivity index (χ3v) is 1.84. The van der Waals surface area contributed by atoms with E-state index >= 15 is 0 Å². The van der Waals surface area contributed by atoms with E-state index in [1.54, 1.807) is 0 Å². The molecule has 0 saturated heterocycles. The Labute approximate surface area is 82.7 Å². The number of pyridine rings is 1. The predicted molar refractivity (Wildman–Crippen MR) is 44.3 cm³/mol. The molecule has 0 N–H and O–H groups in total. The molecule has 0 atom stereocenters. The zero-order valence-electron chi connectivity index (χ0n) is 7.02. The van der Waals surface area contributed by atoms with Crippen molar-refractivity contribution < 1.29 is 18.0 Å². The van der Waals surface area contributed by atoms with Crippen molar-refractivity contribution in [3.8, 4) is 0 Å². The summed E-state index contributed by atoms with van der Waals surface area (Å²) in [4.78, 5) is 14.0. The Hall–Kier alpha value is -1.10. The molecule has 1 aromatic rings. The number of rotatable bonds is 1. The van der Waals surface area contributed by atoms with Crippen molar-refractivity contribution in [2.24, 2.45) is 0 Å². The smallest absolute Gasteiger partial charge is 0.294 e. The van der Waals surface area contributed by atoms with Crippen LogP contribution in [0.25, 0.3) is 0 Å². The van der Waals surface area contributed by atoms with Crippen LogP contribution in [0.2, 0.25) is 5.02 Å². The minimum Gasteiger partial charge on any atom is -0.294 e. The number of hydrogen-bond donors (Lipinski definition) is 0. The topological polar surface area (TPSA) is 30.0 Å². The highest BCUT2D eigenvalue weighted by molar-refractivity contribution is 6.34. The Kier molecular flexibility index (Phi) is 2.80. The molecule has 1 heterocycles. The van der Waals surface area contributed by atoms with Crippen molar-refractivity contribution in [1.82, 2.24) is 4.98 Å². The summed E-state index contributed by atoms with van der Waals surface area (Å²) in [6, 6.07) is 1.15. The molecule has 1 aromatic heterocycles. The van der Waals surface area contributed by atoms with Gasteiger partial charge in [-0.3, -0.25) is 9.78 Å². The van der Waals surface area contributed by atoms with Gasteiger partial charge in [-0.25, -0.2) is 0 Å². The normalized spacial score (nSPS) is 11.5. The Bertz CT molecular complexity index is 375. The molecule has 0 unspecified atom stereocenters. The fourth-order valence-electron chi connectivity index (χ4n) is 0.988. The van der Waals surface area contributed by atoms with Crippen LogP contribution in [-0.4, -0.2) is 10.8 Å². The molecule has 6 heteroatoms. The van der Waals surface area contributed by atoms with Gasteiger partial charge in [-0.05, 0) is 13.0 Å². The highest BCUT2D eigenvalue weighted by Crippen LogP contribution is 2.33. The van der Waals surface area contributed by atoms with Gasteiger partial charge in [0.05, 0.1) is 10.6 Å². The van der Waals surface area contributed by atoms with E-state index in [2.05, 4.69) is 4.98 Å². The summed E-state index contributed by atoms with van der Waals surface area (Å²) in [5.74, 6) is -0.754. The monoisotopic (exact) mass is 223 g/mol. The van der Waals surface area contributed by atoms with Gasteiger partial charge < -0.3 is 0 Å². The van der Waals surface area contributed by atoms with Gasteiger partial charge in [-0.15, -0.1) is 0 Å². The quantitative estimate of drug-likeness (QED) is 0.685. The van der Waals surface area contributed by atoms with E-state index in [9.17, 15) is 18.0 Å². The van der Waals surface area contributed by atoms with E-state index in [1.807, 2.05) is 0 Å². The van der Waals surface area contributed by atoms with Crippen molar-refractivity contribution in [3.05, 3.63) is 28.5 Å². The van der Waals surface area contributed by atoms with Crippen LogP contribution in [0.4, 0.5) is 13.2 Å². The van der Waals surface area contributed by atoms with Crippen LogP contribution in [0.1, 0.15) is 23.0 Å². The van der Waals surface area contributed by atoms with Crippen molar-refractivity contribution in [2.75, 3.05) is 0 Å². The Morgan fingerprint density at radius 1 is 1.50 bits per heavy atom. The minimum atomic E-state index is -4.66. The number of aromatic nitrogens is 1. The number of carbonyl (C=O) groups is 1. The molecule has 1 rings (SSSR count). The third-order valence-electron chi connectivity index (χ3n) is 1.52. The van der Waals surface area contributed by atoms with E-state index in [1.165, 1.54) is 0 Å². The highest BCUT2D eigenvalue weighted by Gasteiger charge is 2.37. The van der Waals surface area contributed by atoms with Crippen LogP contribution in [0.15, 0.2) is 12.3 Å². The van der Waals surface area contributed by atoms with Crippen LogP contribution >= 0.6 is 11.6 Å². The molecule has 2 nitrogen and oxygen atoms in total. The Morgan fingerprint density at radius 3 is 2.43 bits per heavy atom. The first-order valence-electron chi connectivity index (χ1n) is 3.56. The van der Waals surface area contributed by atoms with E-state index in [0.717, 1.165) is 19.2 Å². The van der Waals surface area contributed by atoms with Crippen LogP contribution in [0, 0.1) is 0 Å². The number of ketones is 1. The maximum Gasteiger partial charge on any atom is 0.434 e. The average Bonchev–Trinajstić information content (AvgIpc) is 2.01. The number of nitrogens with zero attached hydrogens (tertiary/aromatic N) is 1. The number of Topliss-reactive ketones (excluding diaryl/α,β-unsaturated/α-hetero) is 1. The molecular formula is C8H5ClF3NO. The fraction of sp³-hybridized carbons (Fsp3) is 0.250. The first kappa shape index (κ1) is 11.0. The predicted octanol–water partition coefficient (Wildman–Crippen LogP) is 2.96.